The minimum Gasteiger partial charge on any atom is -0.380 e. The summed E-state index contributed by atoms with van der Waals surface area (Å²) in [4.78, 5) is 6.99. The number of nitriles is 1. The van der Waals surface area contributed by atoms with E-state index in [2.05, 4.69) is 33.4 Å². The minimum atomic E-state index is 0.552. The Morgan fingerprint density at radius 2 is 1.92 bits per heavy atom. The number of nitrogens with one attached hydrogen (secondary N) is 1. The van der Waals surface area contributed by atoms with Crippen molar-refractivity contribution in [3.05, 3.63) is 52.7 Å². The number of hydrogen-bond donors (Lipinski definition) is 1. The summed E-state index contributed by atoms with van der Waals surface area (Å²) in [5.41, 5.74) is 2.43. The molecule has 124 valence electrons. The van der Waals surface area contributed by atoms with Gasteiger partial charge in [-0.25, -0.2) is 4.98 Å². The summed E-state index contributed by atoms with van der Waals surface area (Å²) in [7, 11) is 0. The van der Waals surface area contributed by atoms with E-state index in [1.807, 2.05) is 12.3 Å². The van der Waals surface area contributed by atoms with E-state index in [1.165, 1.54) is 25.7 Å². The Bertz CT molecular complexity index is 713. The highest BCUT2D eigenvalue weighted by Gasteiger charge is 2.10. The largest absolute Gasteiger partial charge is 0.380 e. The van der Waals surface area contributed by atoms with Gasteiger partial charge in [-0.05, 0) is 42.7 Å². The summed E-state index contributed by atoms with van der Waals surface area (Å²) < 4.78 is 0. The third-order valence-electron chi connectivity index (χ3n) is 4.32. The van der Waals surface area contributed by atoms with Crippen LogP contribution in [0.3, 0.4) is 0 Å². The van der Waals surface area contributed by atoms with Crippen molar-refractivity contribution >= 4 is 23.1 Å². The van der Waals surface area contributed by atoms with Crippen LogP contribution in [0, 0.1) is 11.3 Å². The van der Waals surface area contributed by atoms with E-state index in [0.29, 0.717) is 17.1 Å². The number of benzene rings is 1. The summed E-state index contributed by atoms with van der Waals surface area (Å²) in [5.74, 6) is 1.06. The zero-order valence-corrected chi connectivity index (χ0v) is 14.4. The number of aromatic nitrogens is 1. The van der Waals surface area contributed by atoms with E-state index < -0.39 is 0 Å². The van der Waals surface area contributed by atoms with Gasteiger partial charge in [0.1, 0.15) is 11.9 Å². The van der Waals surface area contributed by atoms with Crippen molar-refractivity contribution in [3.8, 4) is 6.07 Å². The second kappa shape index (κ2) is 8.03. The third-order valence-corrected chi connectivity index (χ3v) is 4.56. The van der Waals surface area contributed by atoms with E-state index in [0.717, 1.165) is 30.2 Å². The number of halogens is 1. The van der Waals surface area contributed by atoms with Crippen LogP contribution >= 0.6 is 11.6 Å². The molecular formula is C19H21ClN4. The predicted molar refractivity (Wildman–Crippen MR) is 98.4 cm³/mol. The van der Waals surface area contributed by atoms with E-state index in [4.69, 9.17) is 11.6 Å². The van der Waals surface area contributed by atoms with Gasteiger partial charge in [0.15, 0.2) is 0 Å². The molecule has 24 heavy (non-hydrogen) atoms. The van der Waals surface area contributed by atoms with Gasteiger partial charge in [0.2, 0.25) is 0 Å². The summed E-state index contributed by atoms with van der Waals surface area (Å²) >= 11 is 5.92. The van der Waals surface area contributed by atoms with Gasteiger partial charge < -0.3 is 10.2 Å². The first kappa shape index (κ1) is 16.6. The molecule has 1 aromatic carbocycles. The van der Waals surface area contributed by atoms with Crippen LogP contribution in [0.5, 0.6) is 0 Å². The molecule has 2 aromatic rings. The van der Waals surface area contributed by atoms with Gasteiger partial charge in [-0.1, -0.05) is 30.5 Å². The van der Waals surface area contributed by atoms with Crippen LogP contribution in [0.2, 0.25) is 5.02 Å². The Hall–Kier alpha value is -2.25. The van der Waals surface area contributed by atoms with Crippen LogP contribution in [0.4, 0.5) is 11.5 Å². The van der Waals surface area contributed by atoms with Crippen LogP contribution < -0.4 is 10.2 Å². The van der Waals surface area contributed by atoms with E-state index in [9.17, 15) is 5.26 Å². The molecule has 1 saturated heterocycles. The summed E-state index contributed by atoms with van der Waals surface area (Å²) in [5, 5.41) is 13.0. The van der Waals surface area contributed by atoms with Crippen molar-refractivity contribution in [1.82, 2.24) is 4.98 Å². The maximum atomic E-state index is 9.18. The highest BCUT2D eigenvalue weighted by Crippen LogP contribution is 2.21. The zero-order valence-electron chi connectivity index (χ0n) is 13.6. The molecule has 5 heteroatoms. The average molecular weight is 341 g/mol. The number of pyridine rings is 1. The van der Waals surface area contributed by atoms with Crippen LogP contribution in [0.15, 0.2) is 36.5 Å². The summed E-state index contributed by atoms with van der Waals surface area (Å²) in [6, 6.07) is 11.6. The smallest absolute Gasteiger partial charge is 0.128 e. The predicted octanol–water partition coefficient (Wildman–Crippen LogP) is 4.60. The SMILES string of the molecule is N#Cc1cc(Cl)ccc1NCc1ccc(N2CCCCCC2)nc1. The van der Waals surface area contributed by atoms with E-state index in [-0.39, 0.29) is 0 Å². The molecule has 0 unspecified atom stereocenters. The molecule has 0 bridgehead atoms. The van der Waals surface area contributed by atoms with Crippen molar-refractivity contribution in [2.24, 2.45) is 0 Å². The maximum absolute atomic E-state index is 9.18. The van der Waals surface area contributed by atoms with Gasteiger partial charge in [-0.3, -0.25) is 0 Å². The Labute approximate surface area is 148 Å². The van der Waals surface area contributed by atoms with Gasteiger partial charge in [-0.2, -0.15) is 5.26 Å². The zero-order chi connectivity index (χ0) is 16.8. The van der Waals surface area contributed by atoms with Crippen LogP contribution in [-0.2, 0) is 6.54 Å². The number of rotatable bonds is 4. The van der Waals surface area contributed by atoms with Crippen molar-refractivity contribution in [2.75, 3.05) is 23.3 Å². The van der Waals surface area contributed by atoms with Gasteiger partial charge in [0.25, 0.3) is 0 Å². The summed E-state index contributed by atoms with van der Waals surface area (Å²) in [6.07, 6.45) is 7.05. The van der Waals surface area contributed by atoms with Crippen molar-refractivity contribution in [3.63, 3.8) is 0 Å². The van der Waals surface area contributed by atoms with Gasteiger partial charge in [-0.15, -0.1) is 0 Å². The third kappa shape index (κ3) is 4.18. The molecule has 1 N–H and O–H groups in total. The van der Waals surface area contributed by atoms with Crippen LogP contribution in [0.25, 0.3) is 0 Å². The molecule has 1 fully saturated rings. The van der Waals surface area contributed by atoms with Crippen LogP contribution in [-0.4, -0.2) is 18.1 Å². The molecule has 0 radical (unpaired) electrons. The lowest BCUT2D eigenvalue weighted by Crippen LogP contribution is -2.24. The molecule has 0 saturated carbocycles. The highest BCUT2D eigenvalue weighted by atomic mass is 35.5. The molecule has 0 amide bonds. The molecule has 4 nitrogen and oxygen atoms in total. The fourth-order valence-corrected chi connectivity index (χ4v) is 3.14. The molecule has 1 aromatic heterocycles. The number of anilines is 2. The van der Waals surface area contributed by atoms with E-state index in [1.54, 1.807) is 12.1 Å². The highest BCUT2D eigenvalue weighted by molar-refractivity contribution is 6.30. The Kier molecular flexibility index (Phi) is 5.55. The molecule has 0 atom stereocenters. The normalized spacial score (nSPS) is 14.8. The Balaban J connectivity index is 1.63. The fraction of sp³-hybridized carbons (Fsp3) is 0.368. The molecular weight excluding hydrogens is 320 g/mol. The fourth-order valence-electron chi connectivity index (χ4n) is 2.97. The summed E-state index contributed by atoms with van der Waals surface area (Å²) in [6.45, 7) is 2.82. The molecule has 1 aliphatic rings. The van der Waals surface area contributed by atoms with Crippen molar-refractivity contribution in [2.45, 2.75) is 32.2 Å². The first-order chi connectivity index (χ1) is 11.8. The topological polar surface area (TPSA) is 52.0 Å². The lowest BCUT2D eigenvalue weighted by molar-refractivity contribution is 0.726. The van der Waals surface area contributed by atoms with Gasteiger partial charge in [0.05, 0.1) is 11.3 Å². The molecule has 0 aliphatic carbocycles. The van der Waals surface area contributed by atoms with Crippen molar-refractivity contribution in [1.29, 1.82) is 5.26 Å². The van der Waals surface area contributed by atoms with Gasteiger partial charge in [0, 0.05) is 30.9 Å². The molecule has 2 heterocycles. The van der Waals surface area contributed by atoms with Crippen molar-refractivity contribution < 1.29 is 0 Å². The Morgan fingerprint density at radius 3 is 2.58 bits per heavy atom. The maximum Gasteiger partial charge on any atom is 0.128 e. The lowest BCUT2D eigenvalue weighted by Gasteiger charge is -2.21. The van der Waals surface area contributed by atoms with E-state index >= 15 is 0 Å². The molecule has 1 aliphatic heterocycles. The average Bonchev–Trinajstić information content (AvgIpc) is 2.90. The second-order valence-electron chi connectivity index (χ2n) is 6.08. The first-order valence-electron chi connectivity index (χ1n) is 8.39. The lowest BCUT2D eigenvalue weighted by atomic mass is 10.2. The Morgan fingerprint density at radius 1 is 1.12 bits per heavy atom. The number of nitrogens with zero attached hydrogens (tertiary/aromatic N) is 3. The minimum absolute atomic E-state index is 0.552. The molecule has 3 rings (SSSR count). The standard InChI is InChI=1S/C19H21ClN4/c20-17-6-7-18(16(11-17)12-21)22-13-15-5-8-19(23-14-15)24-9-3-1-2-4-10-24/h5-8,11,14,22H,1-4,9-10,13H2. The molecule has 0 spiro atoms. The second-order valence-corrected chi connectivity index (χ2v) is 6.52. The monoisotopic (exact) mass is 340 g/mol. The number of hydrogen-bond acceptors (Lipinski definition) is 4. The quantitative estimate of drug-likeness (QED) is 0.883. The first-order valence-corrected chi connectivity index (χ1v) is 8.77. The van der Waals surface area contributed by atoms with Crippen LogP contribution in [0.1, 0.15) is 36.8 Å². The van der Waals surface area contributed by atoms with Gasteiger partial charge >= 0.3 is 0 Å².